The number of rotatable bonds is 14. The number of nitrogens with one attached hydrogen (secondary N) is 1. The zero-order chi connectivity index (χ0) is 32.4. The molecule has 236 valence electrons. The third kappa shape index (κ3) is 8.81. The summed E-state index contributed by atoms with van der Waals surface area (Å²) in [5.74, 6) is -0.366. The van der Waals surface area contributed by atoms with Crippen molar-refractivity contribution in [3.8, 4) is 5.75 Å². The summed E-state index contributed by atoms with van der Waals surface area (Å²) in [5.41, 5.74) is 1.82. The van der Waals surface area contributed by atoms with E-state index in [4.69, 9.17) is 16.3 Å². The molecule has 0 bridgehead atoms. The summed E-state index contributed by atoms with van der Waals surface area (Å²) < 4.78 is 35.0. The lowest BCUT2D eigenvalue weighted by atomic mass is 10.0. The Kier molecular flexibility index (Phi) is 11.9. The standard InChI is InChI=1S/C34H36ClN3O5S2/c1-4-43-29-15-13-28(14-16-29)38(45(41,42)31-19-17-30(44-3)18-20-31)24-33(39)37(23-26-11-8-12-27(35)21-26)32(34(40)36-2)22-25-9-6-5-7-10-25/h5-21,32H,4,22-24H2,1-3H3,(H,36,40)/t32-/m1/s1. The van der Waals surface area contributed by atoms with Crippen LogP contribution in [0, 0.1) is 0 Å². The van der Waals surface area contributed by atoms with Gasteiger partial charge in [-0.25, -0.2) is 8.42 Å². The van der Waals surface area contributed by atoms with Gasteiger partial charge in [-0.05, 0) is 85.0 Å². The smallest absolute Gasteiger partial charge is 0.264 e. The van der Waals surface area contributed by atoms with Crippen LogP contribution in [0.2, 0.25) is 5.02 Å². The van der Waals surface area contributed by atoms with Gasteiger partial charge in [-0.2, -0.15) is 0 Å². The van der Waals surface area contributed by atoms with E-state index in [9.17, 15) is 18.0 Å². The fourth-order valence-corrected chi connectivity index (χ4v) is 6.87. The number of ether oxygens (including phenoxy) is 1. The highest BCUT2D eigenvalue weighted by Crippen LogP contribution is 2.28. The van der Waals surface area contributed by atoms with Crippen LogP contribution in [0.25, 0.3) is 0 Å². The van der Waals surface area contributed by atoms with Gasteiger partial charge in [-0.15, -0.1) is 11.8 Å². The van der Waals surface area contributed by atoms with Gasteiger partial charge in [0.1, 0.15) is 18.3 Å². The van der Waals surface area contributed by atoms with Crippen LogP contribution in [-0.2, 0) is 32.6 Å². The monoisotopic (exact) mass is 665 g/mol. The summed E-state index contributed by atoms with van der Waals surface area (Å²) in [7, 11) is -2.70. The van der Waals surface area contributed by atoms with Gasteiger partial charge in [-0.3, -0.25) is 13.9 Å². The lowest BCUT2D eigenvalue weighted by Crippen LogP contribution is -2.53. The molecule has 0 saturated carbocycles. The summed E-state index contributed by atoms with van der Waals surface area (Å²) in [6, 6.07) is 28.5. The Balaban J connectivity index is 1.78. The third-order valence-corrected chi connectivity index (χ3v) is 9.89. The van der Waals surface area contributed by atoms with E-state index in [-0.39, 0.29) is 29.5 Å². The van der Waals surface area contributed by atoms with Crippen molar-refractivity contribution in [1.82, 2.24) is 10.2 Å². The molecule has 11 heteroatoms. The van der Waals surface area contributed by atoms with Gasteiger partial charge in [0, 0.05) is 29.9 Å². The minimum absolute atomic E-state index is 0.0316. The Labute approximate surface area is 274 Å². The van der Waals surface area contributed by atoms with Crippen LogP contribution in [-0.4, -0.2) is 57.6 Å². The first-order chi connectivity index (χ1) is 21.7. The van der Waals surface area contributed by atoms with Crippen molar-refractivity contribution in [2.75, 3.05) is 30.8 Å². The molecule has 0 aliphatic rings. The second-order valence-corrected chi connectivity index (χ2v) is 13.3. The number of hydrogen-bond acceptors (Lipinski definition) is 6. The molecule has 4 aromatic rings. The first-order valence-corrected chi connectivity index (χ1v) is 17.4. The molecule has 4 aromatic carbocycles. The van der Waals surface area contributed by atoms with Gasteiger partial charge in [0.05, 0.1) is 17.2 Å². The zero-order valence-corrected chi connectivity index (χ0v) is 27.7. The average Bonchev–Trinajstić information content (AvgIpc) is 3.06. The Hall–Kier alpha value is -3.99. The number of benzene rings is 4. The number of hydrogen-bond donors (Lipinski definition) is 1. The Morgan fingerprint density at radius 1 is 0.911 bits per heavy atom. The molecule has 8 nitrogen and oxygen atoms in total. The van der Waals surface area contributed by atoms with Crippen molar-refractivity contribution < 1.29 is 22.7 Å². The molecule has 45 heavy (non-hydrogen) atoms. The van der Waals surface area contributed by atoms with E-state index in [1.54, 1.807) is 54.6 Å². The van der Waals surface area contributed by atoms with Gasteiger partial charge in [0.15, 0.2) is 0 Å². The molecule has 0 spiro atoms. The maximum atomic E-state index is 14.4. The van der Waals surface area contributed by atoms with Crippen LogP contribution in [0.1, 0.15) is 18.1 Å². The van der Waals surface area contributed by atoms with Crippen molar-refractivity contribution in [3.63, 3.8) is 0 Å². The zero-order valence-electron chi connectivity index (χ0n) is 25.4. The Bertz CT molecular complexity index is 1690. The van der Waals surface area contributed by atoms with Crippen LogP contribution in [0.3, 0.4) is 0 Å². The molecule has 1 N–H and O–H groups in total. The van der Waals surface area contributed by atoms with E-state index < -0.39 is 28.5 Å². The van der Waals surface area contributed by atoms with Crippen LogP contribution < -0.4 is 14.4 Å². The molecule has 0 saturated heterocycles. The molecule has 0 aromatic heterocycles. The van der Waals surface area contributed by atoms with E-state index in [0.717, 1.165) is 14.8 Å². The van der Waals surface area contributed by atoms with E-state index in [1.807, 2.05) is 49.6 Å². The predicted octanol–water partition coefficient (Wildman–Crippen LogP) is 6.04. The maximum Gasteiger partial charge on any atom is 0.264 e. The summed E-state index contributed by atoms with van der Waals surface area (Å²) in [6.45, 7) is 1.78. The molecular weight excluding hydrogens is 630 g/mol. The number of nitrogens with zero attached hydrogens (tertiary/aromatic N) is 2. The molecule has 1 atom stereocenters. The number of likely N-dealkylation sites (N-methyl/N-ethyl adjacent to an activating group) is 1. The fourth-order valence-electron chi connectivity index (χ4n) is 4.83. The van der Waals surface area contributed by atoms with Crippen molar-refractivity contribution in [1.29, 1.82) is 0 Å². The highest BCUT2D eigenvalue weighted by atomic mass is 35.5. The minimum Gasteiger partial charge on any atom is -0.494 e. The highest BCUT2D eigenvalue weighted by Gasteiger charge is 2.34. The number of anilines is 1. The minimum atomic E-state index is -4.21. The number of amides is 2. The summed E-state index contributed by atoms with van der Waals surface area (Å²) in [6.07, 6.45) is 2.12. The topological polar surface area (TPSA) is 96.0 Å². The lowest BCUT2D eigenvalue weighted by Gasteiger charge is -2.33. The van der Waals surface area contributed by atoms with Crippen LogP contribution in [0.5, 0.6) is 5.75 Å². The van der Waals surface area contributed by atoms with Gasteiger partial charge in [-0.1, -0.05) is 54.1 Å². The molecule has 0 heterocycles. The van der Waals surface area contributed by atoms with Crippen molar-refractivity contribution in [3.05, 3.63) is 119 Å². The number of carbonyl (C=O) groups is 2. The fraction of sp³-hybridized carbons (Fsp3) is 0.235. The molecule has 0 fully saturated rings. The van der Waals surface area contributed by atoms with Gasteiger partial charge >= 0.3 is 0 Å². The maximum absolute atomic E-state index is 14.4. The second-order valence-electron chi connectivity index (χ2n) is 10.1. The van der Waals surface area contributed by atoms with Crippen LogP contribution in [0.15, 0.2) is 113 Å². The van der Waals surface area contributed by atoms with E-state index >= 15 is 0 Å². The van der Waals surface area contributed by atoms with E-state index in [1.165, 1.54) is 35.8 Å². The van der Waals surface area contributed by atoms with Crippen LogP contribution in [0.4, 0.5) is 5.69 Å². The van der Waals surface area contributed by atoms with Crippen molar-refractivity contribution >= 4 is 50.9 Å². The highest BCUT2D eigenvalue weighted by molar-refractivity contribution is 7.98. The molecule has 0 aliphatic heterocycles. The molecule has 0 aliphatic carbocycles. The molecule has 0 unspecified atom stereocenters. The summed E-state index contributed by atoms with van der Waals surface area (Å²) >= 11 is 7.77. The normalized spacial score (nSPS) is 11.8. The number of thioether (sulfide) groups is 1. The quantitative estimate of drug-likeness (QED) is 0.165. The molecule has 0 radical (unpaired) electrons. The lowest BCUT2D eigenvalue weighted by molar-refractivity contribution is -0.139. The summed E-state index contributed by atoms with van der Waals surface area (Å²) in [4.78, 5) is 30.1. The van der Waals surface area contributed by atoms with Gasteiger partial charge < -0.3 is 15.0 Å². The first-order valence-electron chi connectivity index (χ1n) is 14.3. The average molecular weight is 666 g/mol. The number of sulfonamides is 1. The largest absolute Gasteiger partial charge is 0.494 e. The van der Waals surface area contributed by atoms with Gasteiger partial charge in [0.25, 0.3) is 10.0 Å². The molecule has 2 amide bonds. The van der Waals surface area contributed by atoms with Gasteiger partial charge in [0.2, 0.25) is 11.8 Å². The summed E-state index contributed by atoms with van der Waals surface area (Å²) in [5, 5.41) is 3.16. The Morgan fingerprint density at radius 3 is 2.18 bits per heavy atom. The number of carbonyl (C=O) groups excluding carboxylic acids is 2. The van der Waals surface area contributed by atoms with Crippen molar-refractivity contribution in [2.45, 2.75) is 35.7 Å². The van der Waals surface area contributed by atoms with E-state index in [2.05, 4.69) is 5.32 Å². The predicted molar refractivity (Wildman–Crippen MR) is 180 cm³/mol. The second kappa shape index (κ2) is 15.8. The SMILES string of the molecule is CCOc1ccc(N(CC(=O)N(Cc2cccc(Cl)c2)[C@H](Cc2ccccc2)C(=O)NC)S(=O)(=O)c2ccc(SC)cc2)cc1. The molecular formula is C34H36ClN3O5S2. The Morgan fingerprint density at radius 2 is 1.58 bits per heavy atom. The molecule has 4 rings (SSSR count). The van der Waals surface area contributed by atoms with Crippen molar-refractivity contribution in [2.24, 2.45) is 0 Å². The van der Waals surface area contributed by atoms with E-state index in [0.29, 0.717) is 22.9 Å². The first kappa shape index (κ1) is 33.9. The van der Waals surface area contributed by atoms with Crippen LogP contribution >= 0.6 is 23.4 Å². The third-order valence-electron chi connectivity index (χ3n) is 7.12. The number of halogens is 1.